The molecule has 2 nitrogen and oxygen atoms in total. The highest BCUT2D eigenvalue weighted by Crippen LogP contribution is 2.14. The van der Waals surface area contributed by atoms with Crippen molar-refractivity contribution >= 4 is 0 Å². The molecule has 2 heteroatoms. The Balaban J connectivity index is 2.75. The minimum Gasteiger partial charge on any atom is -0.390 e. The zero-order valence-electron chi connectivity index (χ0n) is 9.95. The molecular weight excluding hydrogens is 188 g/mol. The number of ether oxygens (including phenoxy) is 1. The minimum absolute atomic E-state index is 0.120. The van der Waals surface area contributed by atoms with Crippen LogP contribution in [0.5, 0.6) is 0 Å². The predicted molar refractivity (Wildman–Crippen MR) is 62.1 cm³/mol. The maximum atomic E-state index is 9.86. The van der Waals surface area contributed by atoms with Gasteiger partial charge in [0.2, 0.25) is 0 Å². The second-order valence-corrected chi connectivity index (χ2v) is 4.14. The van der Waals surface area contributed by atoms with Crippen molar-refractivity contribution in [3.8, 4) is 0 Å². The van der Waals surface area contributed by atoms with E-state index in [1.807, 2.05) is 6.92 Å². The van der Waals surface area contributed by atoms with Gasteiger partial charge in [-0.25, -0.2) is 0 Å². The van der Waals surface area contributed by atoms with Crippen molar-refractivity contribution in [2.75, 3.05) is 7.11 Å². The second kappa shape index (κ2) is 5.29. The first-order chi connectivity index (χ1) is 7.04. The molecule has 1 rings (SSSR count). The van der Waals surface area contributed by atoms with Gasteiger partial charge in [-0.2, -0.15) is 0 Å². The van der Waals surface area contributed by atoms with Gasteiger partial charge in [0.25, 0.3) is 0 Å². The van der Waals surface area contributed by atoms with Gasteiger partial charge in [-0.15, -0.1) is 0 Å². The van der Waals surface area contributed by atoms with Gasteiger partial charge in [0.1, 0.15) is 0 Å². The molecule has 0 radical (unpaired) electrons. The van der Waals surface area contributed by atoms with E-state index in [1.165, 1.54) is 16.7 Å². The van der Waals surface area contributed by atoms with Crippen LogP contribution in [-0.4, -0.2) is 24.4 Å². The first-order valence-corrected chi connectivity index (χ1v) is 5.31. The Labute approximate surface area is 91.9 Å². The fourth-order valence-corrected chi connectivity index (χ4v) is 1.57. The summed E-state index contributed by atoms with van der Waals surface area (Å²) in [6.45, 7) is 6.02. The van der Waals surface area contributed by atoms with Crippen molar-refractivity contribution in [1.29, 1.82) is 0 Å². The first kappa shape index (κ1) is 12.2. The van der Waals surface area contributed by atoms with Gasteiger partial charge < -0.3 is 9.84 Å². The van der Waals surface area contributed by atoms with Crippen molar-refractivity contribution in [2.45, 2.75) is 39.4 Å². The number of benzene rings is 1. The number of hydrogen-bond acceptors (Lipinski definition) is 2. The van der Waals surface area contributed by atoms with Gasteiger partial charge in [0, 0.05) is 13.5 Å². The molecule has 2 atom stereocenters. The highest BCUT2D eigenvalue weighted by Gasteiger charge is 2.14. The topological polar surface area (TPSA) is 29.5 Å². The number of aliphatic hydroxyl groups excluding tert-OH is 1. The van der Waals surface area contributed by atoms with E-state index in [-0.39, 0.29) is 6.10 Å². The van der Waals surface area contributed by atoms with E-state index in [0.29, 0.717) is 6.42 Å². The molecule has 1 aromatic carbocycles. The Hall–Kier alpha value is -0.860. The highest BCUT2D eigenvalue weighted by molar-refractivity contribution is 5.31. The lowest BCUT2D eigenvalue weighted by Gasteiger charge is -2.18. The molecule has 0 fully saturated rings. The van der Waals surface area contributed by atoms with E-state index in [1.54, 1.807) is 7.11 Å². The van der Waals surface area contributed by atoms with Gasteiger partial charge in [0.05, 0.1) is 12.2 Å². The van der Waals surface area contributed by atoms with Crippen molar-refractivity contribution in [1.82, 2.24) is 0 Å². The molecule has 1 N–H and O–H groups in total. The zero-order valence-corrected chi connectivity index (χ0v) is 9.95. The molecule has 0 saturated carbocycles. The Morgan fingerprint density at radius 1 is 1.33 bits per heavy atom. The molecule has 0 aromatic heterocycles. The van der Waals surface area contributed by atoms with Crippen molar-refractivity contribution < 1.29 is 9.84 Å². The summed E-state index contributed by atoms with van der Waals surface area (Å²) < 4.78 is 5.10. The Bertz CT molecular complexity index is 320. The summed E-state index contributed by atoms with van der Waals surface area (Å²) >= 11 is 0. The Morgan fingerprint density at radius 2 is 2.00 bits per heavy atom. The molecule has 0 saturated heterocycles. The molecule has 0 aliphatic rings. The molecule has 0 aliphatic heterocycles. The molecule has 0 bridgehead atoms. The Kier molecular flexibility index (Phi) is 4.30. The first-order valence-electron chi connectivity index (χ1n) is 5.31. The monoisotopic (exact) mass is 208 g/mol. The maximum Gasteiger partial charge on any atom is 0.0839 e. The van der Waals surface area contributed by atoms with E-state index in [9.17, 15) is 5.11 Å². The summed E-state index contributed by atoms with van der Waals surface area (Å²) in [5, 5.41) is 9.86. The van der Waals surface area contributed by atoms with E-state index < -0.39 is 6.10 Å². The highest BCUT2D eigenvalue weighted by atomic mass is 16.5. The number of methoxy groups -OCH3 is 1. The summed E-state index contributed by atoms with van der Waals surface area (Å²) in [4.78, 5) is 0. The largest absolute Gasteiger partial charge is 0.390 e. The average molecular weight is 208 g/mol. The number of aryl methyl sites for hydroxylation is 2. The van der Waals surface area contributed by atoms with Crippen molar-refractivity contribution in [2.24, 2.45) is 0 Å². The molecule has 0 aliphatic carbocycles. The molecular formula is C13H20O2. The SMILES string of the molecule is COC(C)C(O)Cc1cc(C)ccc1C. The van der Waals surface area contributed by atoms with E-state index in [2.05, 4.69) is 32.0 Å². The second-order valence-electron chi connectivity index (χ2n) is 4.14. The van der Waals surface area contributed by atoms with E-state index in [0.717, 1.165) is 0 Å². The van der Waals surface area contributed by atoms with Crippen LogP contribution in [-0.2, 0) is 11.2 Å². The van der Waals surface area contributed by atoms with E-state index in [4.69, 9.17) is 4.74 Å². The van der Waals surface area contributed by atoms with Crippen LogP contribution >= 0.6 is 0 Å². The third-order valence-corrected chi connectivity index (χ3v) is 2.85. The Morgan fingerprint density at radius 3 is 2.60 bits per heavy atom. The fraction of sp³-hybridized carbons (Fsp3) is 0.538. The third-order valence-electron chi connectivity index (χ3n) is 2.85. The van der Waals surface area contributed by atoms with Crippen LogP contribution in [0.4, 0.5) is 0 Å². The average Bonchev–Trinajstić information content (AvgIpc) is 2.22. The summed E-state index contributed by atoms with van der Waals surface area (Å²) in [5.41, 5.74) is 3.65. The van der Waals surface area contributed by atoms with Crippen LogP contribution in [0.1, 0.15) is 23.6 Å². The van der Waals surface area contributed by atoms with Gasteiger partial charge in [-0.1, -0.05) is 23.8 Å². The van der Waals surface area contributed by atoms with Crippen LogP contribution in [0.15, 0.2) is 18.2 Å². The molecule has 0 amide bonds. The summed E-state index contributed by atoms with van der Waals surface area (Å²) in [6.07, 6.45) is 0.100. The number of aliphatic hydroxyl groups is 1. The lowest BCUT2D eigenvalue weighted by molar-refractivity contribution is 0.000338. The van der Waals surface area contributed by atoms with Gasteiger partial charge >= 0.3 is 0 Å². The number of rotatable bonds is 4. The molecule has 84 valence electrons. The molecule has 0 spiro atoms. The number of hydrogen-bond donors (Lipinski definition) is 1. The van der Waals surface area contributed by atoms with Crippen LogP contribution in [0.25, 0.3) is 0 Å². The lowest BCUT2D eigenvalue weighted by atomic mass is 9.98. The van der Waals surface area contributed by atoms with Crippen molar-refractivity contribution in [3.63, 3.8) is 0 Å². The van der Waals surface area contributed by atoms with Gasteiger partial charge in [0.15, 0.2) is 0 Å². The van der Waals surface area contributed by atoms with Crippen molar-refractivity contribution in [3.05, 3.63) is 34.9 Å². The maximum absolute atomic E-state index is 9.86. The van der Waals surface area contributed by atoms with E-state index >= 15 is 0 Å². The summed E-state index contributed by atoms with van der Waals surface area (Å²) in [6, 6.07) is 6.31. The van der Waals surface area contributed by atoms with Crippen LogP contribution in [0.3, 0.4) is 0 Å². The molecule has 2 unspecified atom stereocenters. The van der Waals surface area contributed by atoms with Gasteiger partial charge in [-0.05, 0) is 31.9 Å². The minimum atomic E-state index is -0.435. The lowest BCUT2D eigenvalue weighted by Crippen LogP contribution is -2.27. The fourth-order valence-electron chi connectivity index (χ4n) is 1.57. The molecule has 0 heterocycles. The quantitative estimate of drug-likeness (QED) is 0.822. The summed E-state index contributed by atoms with van der Waals surface area (Å²) in [7, 11) is 1.62. The predicted octanol–water partition coefficient (Wildman–Crippen LogP) is 2.24. The summed E-state index contributed by atoms with van der Waals surface area (Å²) in [5.74, 6) is 0. The van der Waals surface area contributed by atoms with Gasteiger partial charge in [-0.3, -0.25) is 0 Å². The smallest absolute Gasteiger partial charge is 0.0839 e. The van der Waals surface area contributed by atoms with Crippen LogP contribution < -0.4 is 0 Å². The van der Waals surface area contributed by atoms with Crippen LogP contribution in [0, 0.1) is 13.8 Å². The zero-order chi connectivity index (χ0) is 11.4. The molecule has 15 heavy (non-hydrogen) atoms. The normalized spacial score (nSPS) is 15.0. The standard InChI is InChI=1S/C13H20O2/c1-9-5-6-10(2)12(7-9)8-13(14)11(3)15-4/h5-7,11,13-14H,8H2,1-4H3. The third kappa shape index (κ3) is 3.33. The van der Waals surface area contributed by atoms with Crippen LogP contribution in [0.2, 0.25) is 0 Å². The molecule has 1 aromatic rings.